The first-order valence-electron chi connectivity index (χ1n) is 6.63. The van der Waals surface area contributed by atoms with Crippen LogP contribution >= 0.6 is 12.4 Å². The number of benzene rings is 1. The highest BCUT2D eigenvalue weighted by atomic mass is 35.5. The summed E-state index contributed by atoms with van der Waals surface area (Å²) in [6, 6.07) is 9.75. The summed E-state index contributed by atoms with van der Waals surface area (Å²) in [4.78, 5) is 11.8. The molecule has 5 nitrogen and oxygen atoms in total. The fraction of sp³-hybridized carbons (Fsp3) is 0.333. The number of hydrogen-bond acceptors (Lipinski definition) is 3. The van der Waals surface area contributed by atoms with Gasteiger partial charge in [-0.2, -0.15) is 5.10 Å². The van der Waals surface area contributed by atoms with Crippen LogP contribution in [0.1, 0.15) is 18.9 Å². The first-order valence-corrected chi connectivity index (χ1v) is 6.63. The Morgan fingerprint density at radius 1 is 1.43 bits per heavy atom. The molecule has 2 aromatic rings. The predicted octanol–water partition coefficient (Wildman–Crippen LogP) is 2.49. The summed E-state index contributed by atoms with van der Waals surface area (Å²) >= 11 is 0. The third-order valence-electron chi connectivity index (χ3n) is 3.08. The summed E-state index contributed by atoms with van der Waals surface area (Å²) in [6.45, 7) is 3.85. The third-order valence-corrected chi connectivity index (χ3v) is 3.08. The van der Waals surface area contributed by atoms with Crippen LogP contribution in [0.4, 0.5) is 5.82 Å². The molecule has 0 aliphatic carbocycles. The van der Waals surface area contributed by atoms with E-state index in [0.29, 0.717) is 12.2 Å². The average Bonchev–Trinajstić information content (AvgIpc) is 2.70. The highest BCUT2D eigenvalue weighted by Gasteiger charge is 2.12. The van der Waals surface area contributed by atoms with E-state index in [9.17, 15) is 4.79 Å². The summed E-state index contributed by atoms with van der Waals surface area (Å²) in [5, 5.41) is 7.28. The molecule has 1 unspecified atom stereocenters. The number of carbonyl (C=O) groups is 1. The number of nitrogens with two attached hydrogens (primary N) is 1. The van der Waals surface area contributed by atoms with Gasteiger partial charge >= 0.3 is 0 Å². The molecule has 6 heteroatoms. The third kappa shape index (κ3) is 4.31. The highest BCUT2D eigenvalue weighted by Crippen LogP contribution is 2.24. The van der Waals surface area contributed by atoms with Crippen molar-refractivity contribution in [2.45, 2.75) is 26.3 Å². The van der Waals surface area contributed by atoms with Crippen LogP contribution in [0.25, 0.3) is 11.3 Å². The van der Waals surface area contributed by atoms with E-state index in [0.717, 1.165) is 16.8 Å². The summed E-state index contributed by atoms with van der Waals surface area (Å²) in [5.74, 6) is 0.577. The Bertz CT molecular complexity index is 622. The summed E-state index contributed by atoms with van der Waals surface area (Å²) in [7, 11) is 1.81. The maximum absolute atomic E-state index is 11.8. The molecule has 0 radical (unpaired) electrons. The number of carbonyl (C=O) groups excluding carboxylic acids is 1. The molecule has 1 aromatic carbocycles. The van der Waals surface area contributed by atoms with Crippen molar-refractivity contribution >= 4 is 24.1 Å². The number of rotatable bonds is 4. The second-order valence-electron chi connectivity index (χ2n) is 5.08. The summed E-state index contributed by atoms with van der Waals surface area (Å²) in [5.41, 5.74) is 8.68. The zero-order valence-corrected chi connectivity index (χ0v) is 13.3. The van der Waals surface area contributed by atoms with Gasteiger partial charge in [-0.3, -0.25) is 9.48 Å². The molecule has 0 spiro atoms. The molecule has 0 aliphatic heterocycles. The van der Waals surface area contributed by atoms with E-state index in [2.05, 4.69) is 10.4 Å². The number of hydrogen-bond donors (Lipinski definition) is 2. The lowest BCUT2D eigenvalue weighted by Crippen LogP contribution is -2.24. The van der Waals surface area contributed by atoms with Crippen LogP contribution in [0.5, 0.6) is 0 Å². The number of anilines is 1. The molecule has 114 valence electrons. The van der Waals surface area contributed by atoms with E-state index in [1.165, 1.54) is 0 Å². The maximum atomic E-state index is 11.8. The van der Waals surface area contributed by atoms with Crippen LogP contribution in [0.2, 0.25) is 0 Å². The zero-order valence-electron chi connectivity index (χ0n) is 12.5. The minimum absolute atomic E-state index is 0. The van der Waals surface area contributed by atoms with Gasteiger partial charge in [0.1, 0.15) is 5.82 Å². The first-order chi connectivity index (χ1) is 9.47. The summed E-state index contributed by atoms with van der Waals surface area (Å²) in [6.07, 6.45) is 0.297. The Labute approximate surface area is 130 Å². The number of nitrogens with one attached hydrogen (secondary N) is 1. The molecule has 0 fully saturated rings. The zero-order chi connectivity index (χ0) is 14.7. The molecular formula is C15H21ClN4O. The number of amides is 1. The predicted molar refractivity (Wildman–Crippen MR) is 87.5 cm³/mol. The topological polar surface area (TPSA) is 72.9 Å². The molecule has 1 aromatic heterocycles. The largest absolute Gasteiger partial charge is 0.327 e. The standard InChI is InChI=1S/C15H20N4O.ClH/c1-10-6-4-5-7-12(10)13-9-14(19(3)18-13)17-15(20)8-11(2)16;/h4-7,9,11H,8,16H2,1-3H3,(H,17,20);1H. The molecule has 0 saturated carbocycles. The lowest BCUT2D eigenvalue weighted by Gasteiger charge is -2.06. The fourth-order valence-electron chi connectivity index (χ4n) is 2.06. The lowest BCUT2D eigenvalue weighted by atomic mass is 10.1. The average molecular weight is 309 g/mol. The van der Waals surface area contributed by atoms with Crippen LogP contribution in [-0.4, -0.2) is 21.7 Å². The molecule has 1 heterocycles. The van der Waals surface area contributed by atoms with Crippen molar-refractivity contribution in [2.75, 3.05) is 5.32 Å². The number of aryl methyl sites for hydroxylation is 2. The molecule has 1 amide bonds. The quantitative estimate of drug-likeness (QED) is 0.911. The van der Waals surface area contributed by atoms with Crippen LogP contribution in [0.15, 0.2) is 30.3 Å². The molecule has 0 aliphatic rings. The Morgan fingerprint density at radius 2 is 2.10 bits per heavy atom. The molecule has 0 bridgehead atoms. The van der Waals surface area contributed by atoms with Crippen molar-refractivity contribution in [2.24, 2.45) is 12.8 Å². The Kier molecular flexibility index (Phi) is 5.93. The van der Waals surface area contributed by atoms with Gasteiger partial charge in [0.2, 0.25) is 5.91 Å². The van der Waals surface area contributed by atoms with E-state index in [1.807, 2.05) is 51.2 Å². The van der Waals surface area contributed by atoms with Gasteiger partial charge in [-0.1, -0.05) is 24.3 Å². The van der Waals surface area contributed by atoms with E-state index < -0.39 is 0 Å². The van der Waals surface area contributed by atoms with Crippen LogP contribution in [0, 0.1) is 6.92 Å². The fourth-order valence-corrected chi connectivity index (χ4v) is 2.06. The van der Waals surface area contributed by atoms with Gasteiger partial charge in [0.15, 0.2) is 0 Å². The van der Waals surface area contributed by atoms with Crippen molar-refractivity contribution in [3.05, 3.63) is 35.9 Å². The van der Waals surface area contributed by atoms with Crippen LogP contribution in [0.3, 0.4) is 0 Å². The number of aromatic nitrogens is 2. The SMILES string of the molecule is Cc1ccccc1-c1cc(NC(=O)CC(C)N)n(C)n1.Cl. The molecule has 2 rings (SSSR count). The minimum atomic E-state index is -0.154. The van der Waals surface area contributed by atoms with Gasteiger partial charge in [0, 0.05) is 31.1 Å². The number of nitrogens with zero attached hydrogens (tertiary/aromatic N) is 2. The second kappa shape index (κ2) is 7.24. The molecule has 21 heavy (non-hydrogen) atoms. The first kappa shape index (κ1) is 17.2. The minimum Gasteiger partial charge on any atom is -0.327 e. The highest BCUT2D eigenvalue weighted by molar-refractivity contribution is 5.90. The Morgan fingerprint density at radius 3 is 2.71 bits per heavy atom. The van der Waals surface area contributed by atoms with Gasteiger partial charge in [-0.15, -0.1) is 12.4 Å². The van der Waals surface area contributed by atoms with Gasteiger partial charge in [-0.05, 0) is 19.4 Å². The van der Waals surface area contributed by atoms with Gasteiger partial charge in [0.05, 0.1) is 5.69 Å². The Hall–Kier alpha value is -1.85. The van der Waals surface area contributed by atoms with Crippen molar-refractivity contribution in [3.8, 4) is 11.3 Å². The molecule has 0 saturated heterocycles. The normalized spacial score (nSPS) is 11.6. The maximum Gasteiger partial charge on any atom is 0.227 e. The van der Waals surface area contributed by atoms with Crippen molar-refractivity contribution in [1.29, 1.82) is 0 Å². The van der Waals surface area contributed by atoms with Crippen molar-refractivity contribution < 1.29 is 4.79 Å². The van der Waals surface area contributed by atoms with E-state index in [-0.39, 0.29) is 24.4 Å². The Balaban J connectivity index is 0.00000220. The smallest absolute Gasteiger partial charge is 0.227 e. The van der Waals surface area contributed by atoms with Gasteiger partial charge in [0.25, 0.3) is 0 Å². The van der Waals surface area contributed by atoms with E-state index >= 15 is 0 Å². The van der Waals surface area contributed by atoms with E-state index in [4.69, 9.17) is 5.73 Å². The van der Waals surface area contributed by atoms with Crippen molar-refractivity contribution in [1.82, 2.24) is 9.78 Å². The lowest BCUT2D eigenvalue weighted by molar-refractivity contribution is -0.116. The van der Waals surface area contributed by atoms with E-state index in [1.54, 1.807) is 4.68 Å². The molecular weight excluding hydrogens is 288 g/mol. The number of halogens is 1. The molecule has 1 atom stereocenters. The second-order valence-corrected chi connectivity index (χ2v) is 5.08. The molecule has 3 N–H and O–H groups in total. The summed E-state index contributed by atoms with van der Waals surface area (Å²) < 4.78 is 1.67. The van der Waals surface area contributed by atoms with Crippen molar-refractivity contribution in [3.63, 3.8) is 0 Å². The van der Waals surface area contributed by atoms with Gasteiger partial charge < -0.3 is 11.1 Å². The van der Waals surface area contributed by atoms with Crippen LogP contribution in [-0.2, 0) is 11.8 Å². The monoisotopic (exact) mass is 308 g/mol. The van der Waals surface area contributed by atoms with Crippen LogP contribution < -0.4 is 11.1 Å². The van der Waals surface area contributed by atoms with Gasteiger partial charge in [-0.25, -0.2) is 0 Å².